The van der Waals surface area contributed by atoms with Crippen LogP contribution in [0.2, 0.25) is 0 Å². The molecular weight excluding hydrogens is 352 g/mol. The first-order valence-corrected chi connectivity index (χ1v) is 9.12. The van der Waals surface area contributed by atoms with Crippen LogP contribution in [-0.2, 0) is 14.3 Å². The topological polar surface area (TPSA) is 89.7 Å². The molecule has 1 amide bonds. The lowest BCUT2D eigenvalue weighted by Crippen LogP contribution is -3.14. The molecule has 8 heteroatoms. The number of benzene rings is 1. The van der Waals surface area contributed by atoms with Gasteiger partial charge in [-0.25, -0.2) is 0 Å². The summed E-state index contributed by atoms with van der Waals surface area (Å²) in [6.45, 7) is 5.87. The fraction of sp³-hybridized carbons (Fsp3) is 0.474. The fourth-order valence-corrected chi connectivity index (χ4v) is 3.86. The van der Waals surface area contributed by atoms with E-state index in [1.54, 1.807) is 17.0 Å². The lowest BCUT2D eigenvalue weighted by molar-refractivity contribution is -0.907. The van der Waals surface area contributed by atoms with Crippen LogP contribution in [0.4, 0.5) is 0 Å². The first-order chi connectivity index (χ1) is 13.1. The van der Waals surface area contributed by atoms with Crippen molar-refractivity contribution in [2.75, 3.05) is 46.2 Å². The monoisotopic (exact) mass is 375 g/mol. The Labute approximate surface area is 156 Å². The first-order valence-electron chi connectivity index (χ1n) is 9.12. The molecule has 1 aromatic rings. The van der Waals surface area contributed by atoms with Crippen molar-refractivity contribution in [3.05, 3.63) is 35.1 Å². The maximum Gasteiger partial charge on any atom is 0.290 e. The number of nitrogens with zero attached hydrogens (tertiary/aromatic N) is 1. The van der Waals surface area contributed by atoms with Gasteiger partial charge in [0.25, 0.3) is 5.91 Å². The molecule has 3 heterocycles. The lowest BCUT2D eigenvalue weighted by atomic mass is 9.96. The van der Waals surface area contributed by atoms with Gasteiger partial charge in [-0.05, 0) is 24.6 Å². The summed E-state index contributed by atoms with van der Waals surface area (Å²) < 4.78 is 16.1. The van der Waals surface area contributed by atoms with Crippen LogP contribution in [0.3, 0.4) is 0 Å². The Bertz CT molecular complexity index is 799. The van der Waals surface area contributed by atoms with Crippen LogP contribution in [0.15, 0.2) is 29.5 Å². The normalized spacial score (nSPS) is 22.6. The van der Waals surface area contributed by atoms with E-state index in [0.29, 0.717) is 31.3 Å². The number of Topliss-reactive ketones (excluding diaryl/α,β-unsaturated/α-hetero) is 1. The van der Waals surface area contributed by atoms with E-state index in [2.05, 4.69) is 0 Å². The molecule has 1 atom stereocenters. The number of carbonyl (C=O) groups is 2. The van der Waals surface area contributed by atoms with Crippen molar-refractivity contribution in [3.63, 3.8) is 0 Å². The van der Waals surface area contributed by atoms with E-state index < -0.39 is 17.7 Å². The number of ether oxygens (including phenoxy) is 3. The number of morpholine rings is 1. The maximum atomic E-state index is 12.7. The number of quaternary nitrogens is 1. The number of rotatable bonds is 5. The summed E-state index contributed by atoms with van der Waals surface area (Å²) in [5, 5.41) is 10.3. The second kappa shape index (κ2) is 7.21. The van der Waals surface area contributed by atoms with Gasteiger partial charge in [0.1, 0.15) is 13.1 Å². The number of aliphatic hydroxyl groups excluding tert-OH is 1. The summed E-state index contributed by atoms with van der Waals surface area (Å²) in [6, 6.07) is 4.73. The average molecular weight is 375 g/mol. The predicted octanol–water partition coefficient (Wildman–Crippen LogP) is -0.385. The molecule has 4 rings (SSSR count). The van der Waals surface area contributed by atoms with Gasteiger partial charge in [-0.15, -0.1) is 0 Å². The number of ketones is 1. The Hall–Kier alpha value is -2.58. The molecule has 0 aliphatic carbocycles. The average Bonchev–Trinajstić information content (AvgIpc) is 3.23. The van der Waals surface area contributed by atoms with E-state index in [0.717, 1.165) is 25.2 Å². The highest BCUT2D eigenvalue weighted by molar-refractivity contribution is 6.08. The number of amides is 1. The minimum atomic E-state index is -0.620. The Morgan fingerprint density at radius 1 is 1.26 bits per heavy atom. The van der Waals surface area contributed by atoms with E-state index in [1.165, 1.54) is 11.8 Å². The quantitative estimate of drug-likeness (QED) is 0.729. The van der Waals surface area contributed by atoms with Crippen LogP contribution in [-0.4, -0.2) is 67.9 Å². The molecule has 144 valence electrons. The summed E-state index contributed by atoms with van der Waals surface area (Å²) in [6.07, 6.45) is 0. The molecule has 0 saturated carbocycles. The number of carbonyl (C=O) groups excluding carboxylic acids is 2. The Morgan fingerprint density at radius 2 is 2.00 bits per heavy atom. The number of hydrogen-bond donors (Lipinski definition) is 2. The van der Waals surface area contributed by atoms with E-state index in [1.807, 2.05) is 6.07 Å². The Kier molecular flexibility index (Phi) is 4.75. The van der Waals surface area contributed by atoms with Crippen molar-refractivity contribution in [3.8, 4) is 11.5 Å². The van der Waals surface area contributed by atoms with Crippen LogP contribution in [0.25, 0.3) is 0 Å². The van der Waals surface area contributed by atoms with Gasteiger partial charge >= 0.3 is 0 Å². The molecule has 3 aliphatic rings. The number of hydrogen-bond acceptors (Lipinski definition) is 6. The molecular formula is C19H23N2O6+. The van der Waals surface area contributed by atoms with Gasteiger partial charge in [0.2, 0.25) is 6.79 Å². The summed E-state index contributed by atoms with van der Waals surface area (Å²) in [5.41, 5.74) is 0.856. The SMILES string of the molecule is CC(=O)C1=C(O)C(=O)N(CC[NH+]2CCOCC2)[C@@H]1c1ccc2c(c1)OCO2. The number of fused-ring (bicyclic) bond motifs is 1. The number of nitrogens with one attached hydrogen (secondary N) is 1. The molecule has 1 fully saturated rings. The molecule has 1 saturated heterocycles. The molecule has 0 bridgehead atoms. The van der Waals surface area contributed by atoms with Crippen molar-refractivity contribution in [1.82, 2.24) is 4.90 Å². The van der Waals surface area contributed by atoms with Gasteiger partial charge in [-0.2, -0.15) is 0 Å². The third kappa shape index (κ3) is 3.26. The minimum absolute atomic E-state index is 0.135. The van der Waals surface area contributed by atoms with Crippen LogP contribution in [0, 0.1) is 0 Å². The van der Waals surface area contributed by atoms with Gasteiger partial charge in [0.15, 0.2) is 23.0 Å². The molecule has 2 N–H and O–H groups in total. The van der Waals surface area contributed by atoms with Crippen molar-refractivity contribution >= 4 is 11.7 Å². The third-order valence-corrected chi connectivity index (χ3v) is 5.30. The van der Waals surface area contributed by atoms with Crippen molar-refractivity contribution < 1.29 is 33.8 Å². The van der Waals surface area contributed by atoms with Gasteiger partial charge in [0.05, 0.1) is 37.9 Å². The summed E-state index contributed by atoms with van der Waals surface area (Å²) >= 11 is 0. The minimum Gasteiger partial charge on any atom is -0.503 e. The maximum absolute atomic E-state index is 12.7. The van der Waals surface area contributed by atoms with Crippen molar-refractivity contribution in [2.45, 2.75) is 13.0 Å². The standard InChI is InChI=1S/C19H22N2O6/c1-12(22)16-17(13-2-3-14-15(10-13)27-11-26-14)21(19(24)18(16)23)5-4-20-6-8-25-9-7-20/h2-3,10,17,23H,4-9,11H2,1H3/p+1/t17-/m1/s1. The summed E-state index contributed by atoms with van der Waals surface area (Å²) in [5.74, 6) is -0.0691. The summed E-state index contributed by atoms with van der Waals surface area (Å²) in [7, 11) is 0. The van der Waals surface area contributed by atoms with Crippen LogP contribution >= 0.6 is 0 Å². The molecule has 0 radical (unpaired) electrons. The largest absolute Gasteiger partial charge is 0.503 e. The van der Waals surface area contributed by atoms with Crippen LogP contribution in [0.1, 0.15) is 18.5 Å². The molecule has 8 nitrogen and oxygen atoms in total. The van der Waals surface area contributed by atoms with E-state index >= 15 is 0 Å². The molecule has 27 heavy (non-hydrogen) atoms. The first kappa shape index (κ1) is 17.8. The zero-order valence-corrected chi connectivity index (χ0v) is 15.2. The molecule has 1 aromatic carbocycles. The van der Waals surface area contributed by atoms with Crippen LogP contribution in [0.5, 0.6) is 11.5 Å². The fourth-order valence-electron chi connectivity index (χ4n) is 3.86. The van der Waals surface area contributed by atoms with E-state index in [4.69, 9.17) is 14.2 Å². The smallest absolute Gasteiger partial charge is 0.290 e. The third-order valence-electron chi connectivity index (χ3n) is 5.30. The van der Waals surface area contributed by atoms with Gasteiger partial charge in [0, 0.05) is 0 Å². The second-order valence-corrected chi connectivity index (χ2v) is 6.94. The Balaban J connectivity index is 1.62. The van der Waals surface area contributed by atoms with Gasteiger partial charge < -0.3 is 29.1 Å². The van der Waals surface area contributed by atoms with Crippen LogP contribution < -0.4 is 14.4 Å². The number of aliphatic hydroxyl groups is 1. The summed E-state index contributed by atoms with van der Waals surface area (Å²) in [4.78, 5) is 27.8. The van der Waals surface area contributed by atoms with Crippen molar-refractivity contribution in [2.24, 2.45) is 0 Å². The molecule has 0 spiro atoms. The molecule has 0 aromatic heterocycles. The zero-order valence-electron chi connectivity index (χ0n) is 15.2. The van der Waals surface area contributed by atoms with Gasteiger partial charge in [-0.1, -0.05) is 6.07 Å². The van der Waals surface area contributed by atoms with Crippen molar-refractivity contribution in [1.29, 1.82) is 0 Å². The second-order valence-electron chi connectivity index (χ2n) is 6.94. The van der Waals surface area contributed by atoms with E-state index in [9.17, 15) is 14.7 Å². The molecule has 3 aliphatic heterocycles. The molecule has 0 unspecified atom stereocenters. The predicted molar refractivity (Wildman–Crippen MR) is 93.7 cm³/mol. The lowest BCUT2D eigenvalue weighted by Gasteiger charge is -2.30. The van der Waals surface area contributed by atoms with Gasteiger partial charge in [-0.3, -0.25) is 9.59 Å². The Morgan fingerprint density at radius 3 is 2.74 bits per heavy atom. The zero-order chi connectivity index (χ0) is 19.0. The van der Waals surface area contributed by atoms with E-state index in [-0.39, 0.29) is 18.1 Å². The highest BCUT2D eigenvalue weighted by Gasteiger charge is 2.43. The highest BCUT2D eigenvalue weighted by Crippen LogP contribution is 2.41. The highest BCUT2D eigenvalue weighted by atomic mass is 16.7.